The molecule has 5 fully saturated rings. The Kier molecular flexibility index (Phi) is 38.1. The first-order valence-corrected chi connectivity index (χ1v) is 47.4. The summed E-state index contributed by atoms with van der Waals surface area (Å²) in [6.07, 6.45) is -1.71. The molecule has 0 aliphatic carbocycles. The van der Waals surface area contributed by atoms with Crippen LogP contribution in [0.4, 0.5) is 40.3 Å². The molecule has 4 aromatic heterocycles. The van der Waals surface area contributed by atoms with Crippen molar-refractivity contribution >= 4 is 94.4 Å². The van der Waals surface area contributed by atoms with E-state index in [1.807, 2.05) is 99.8 Å². The van der Waals surface area contributed by atoms with Crippen molar-refractivity contribution in [3.63, 3.8) is 0 Å². The van der Waals surface area contributed by atoms with Gasteiger partial charge in [0, 0.05) is 131 Å². The summed E-state index contributed by atoms with van der Waals surface area (Å²) < 4.78 is 165. The maximum Gasteiger partial charge on any atom is 0.317 e. The molecule has 5 atom stereocenters. The average molecular weight is 2140 g/mol. The first-order valence-electron chi connectivity index (χ1n) is 46.0. The van der Waals surface area contributed by atoms with Gasteiger partial charge in [0.1, 0.15) is 66.6 Å². The van der Waals surface area contributed by atoms with Crippen LogP contribution < -0.4 is 0 Å². The molecule has 16 rings (SSSR count). The van der Waals surface area contributed by atoms with Crippen molar-refractivity contribution < 1.29 is 156 Å². The number of aliphatic hydroxyl groups is 2. The zero-order chi connectivity index (χ0) is 105. The van der Waals surface area contributed by atoms with Gasteiger partial charge < -0.3 is 97.9 Å². The summed E-state index contributed by atoms with van der Waals surface area (Å²) >= 11 is 0. The fourth-order valence-electron chi connectivity index (χ4n) is 16.4. The van der Waals surface area contributed by atoms with E-state index in [0.717, 1.165) is 46.6 Å². The number of benzene rings is 7. The van der Waals surface area contributed by atoms with Crippen molar-refractivity contribution in [3.8, 4) is 0 Å². The number of carbonyl (C=O) groups excluding carboxylic acids is 3. The van der Waals surface area contributed by atoms with E-state index in [1.165, 1.54) is 36.4 Å². The van der Waals surface area contributed by atoms with Gasteiger partial charge in [-0.15, -0.1) is 0 Å². The van der Waals surface area contributed by atoms with Crippen molar-refractivity contribution in [2.45, 2.75) is 257 Å². The van der Waals surface area contributed by atoms with Gasteiger partial charge in [-0.1, -0.05) is 92.2 Å². The number of ether oxygens (including phenoxy) is 13. The van der Waals surface area contributed by atoms with Crippen LogP contribution in [-0.2, 0) is 165 Å². The van der Waals surface area contributed by atoms with Gasteiger partial charge in [0.15, 0.2) is 28.9 Å². The SMILES string of the molecule is CC(C)(C(=O)OCc1ccccc1)c1cc2cc([N+](=O)[O-])c(F)cc2[nH]1.CC1(C)OC[C@H](Cn2c(C(C)(C)C(=O)OC[C@H]3COC(C)(C)O3)cc3cc([N+](=O)[O-])c(F)cc32)O1.CC1(C)OC[C@H](Cn2c(C(C)(C)C(=O)OCc3ccccc3)cc3cc([N+](=O)[O-])c(F)cc32)O1.CC1(C)OC[C@H](Cn2c(C(C)(C)CO)cc3cc([N+](=O)[O-])c(F)cc32)O1.CCO.Cc1ccc(S(=O)(=O)OC[C@H]2COC(C)(C)O2)cc1.[CH3-].[Pd]. The zero-order valence-corrected chi connectivity index (χ0v) is 87.0. The van der Waals surface area contributed by atoms with E-state index in [2.05, 4.69) is 4.98 Å². The molecule has 0 radical (unpaired) electrons. The molecule has 0 bridgehead atoms. The van der Waals surface area contributed by atoms with Crippen LogP contribution in [0.1, 0.15) is 171 Å². The van der Waals surface area contributed by atoms with Gasteiger partial charge in [-0.2, -0.15) is 26.0 Å². The number of H-pyrrole nitrogens is 1. The largest absolute Gasteiger partial charge is 0.462 e. The fourth-order valence-corrected chi connectivity index (χ4v) is 17.3. The summed E-state index contributed by atoms with van der Waals surface area (Å²) in [4.78, 5) is 83.5. The van der Waals surface area contributed by atoms with Gasteiger partial charge in [-0.05, 0) is 172 Å². The number of esters is 3. The number of aromatic amines is 1. The van der Waals surface area contributed by atoms with Crippen molar-refractivity contribution in [2.24, 2.45) is 0 Å². The second-order valence-electron chi connectivity index (χ2n) is 39.4. The quantitative estimate of drug-likeness (QED) is 0.00599. The number of halogens is 4. The van der Waals surface area contributed by atoms with Gasteiger partial charge >= 0.3 is 40.7 Å². The molecular formula is C102H125F4N8O29PdS-. The Labute approximate surface area is 850 Å². The Morgan fingerprint density at radius 1 is 0.434 bits per heavy atom. The summed E-state index contributed by atoms with van der Waals surface area (Å²) in [6, 6.07) is 41.0. The minimum absolute atomic E-state index is 0. The maximum atomic E-state index is 14.6. The van der Waals surface area contributed by atoms with Gasteiger partial charge in [0.25, 0.3) is 10.1 Å². The van der Waals surface area contributed by atoms with E-state index >= 15 is 0 Å². The van der Waals surface area contributed by atoms with E-state index in [-0.39, 0.29) is 110 Å². The van der Waals surface area contributed by atoms with Crippen molar-refractivity contribution in [1.82, 2.24) is 18.7 Å². The molecule has 37 nitrogen and oxygen atoms in total. The molecule has 5 saturated heterocycles. The number of aryl methyl sites for hydroxylation is 1. The number of aliphatic hydroxyl groups excluding tert-OH is 2. The monoisotopic (exact) mass is 2140 g/mol. The fraction of sp³-hybridized carbons (Fsp3) is 0.471. The van der Waals surface area contributed by atoms with Crippen molar-refractivity contribution in [1.29, 1.82) is 0 Å². The first-order chi connectivity index (χ1) is 66.7. The number of aromatic nitrogens is 4. The summed E-state index contributed by atoms with van der Waals surface area (Å²) in [5.41, 5.74) is 0.371. The number of carbonyl (C=O) groups is 3. The molecule has 792 valence electrons. The number of nitrogens with one attached hydrogen (secondary N) is 1. The molecule has 0 spiro atoms. The average Bonchev–Trinajstić information content (AvgIpc) is 1.61. The number of hydrogen-bond acceptors (Lipinski definition) is 29. The van der Waals surface area contributed by atoms with Gasteiger partial charge in [-0.3, -0.25) is 59.0 Å². The Morgan fingerprint density at radius 3 is 1.07 bits per heavy atom. The number of nitro benzene ring substituents is 4. The number of hydrogen-bond donors (Lipinski definition) is 3. The molecule has 145 heavy (non-hydrogen) atoms. The number of nitro groups is 4. The van der Waals surface area contributed by atoms with Crippen LogP contribution in [0.15, 0.2) is 163 Å². The Morgan fingerprint density at radius 2 is 0.738 bits per heavy atom. The molecule has 0 unspecified atom stereocenters. The molecule has 0 saturated carbocycles. The van der Waals surface area contributed by atoms with Crippen LogP contribution in [0.2, 0.25) is 0 Å². The molecular weight excluding hydrogens is 2020 g/mol. The summed E-state index contributed by atoms with van der Waals surface area (Å²) in [7, 11) is -3.74. The molecule has 11 aromatic rings. The van der Waals surface area contributed by atoms with E-state index in [9.17, 15) is 85.9 Å². The maximum absolute atomic E-state index is 14.6. The number of rotatable bonds is 28. The molecule has 7 aromatic carbocycles. The van der Waals surface area contributed by atoms with Gasteiger partial charge in [0.2, 0.25) is 23.3 Å². The third kappa shape index (κ3) is 29.3. The van der Waals surface area contributed by atoms with E-state index in [0.29, 0.717) is 100 Å². The smallest absolute Gasteiger partial charge is 0.317 e. The Balaban J connectivity index is 0.000000202. The minimum atomic E-state index is -3.74. The summed E-state index contributed by atoms with van der Waals surface area (Å²) in [6.45, 7) is 38.3. The van der Waals surface area contributed by atoms with Gasteiger partial charge in [0.05, 0.1) is 107 Å². The zero-order valence-electron chi connectivity index (χ0n) is 84.6. The summed E-state index contributed by atoms with van der Waals surface area (Å²) in [5, 5.41) is 63.7. The Hall–Kier alpha value is -11.5. The molecule has 9 heterocycles. The minimum Gasteiger partial charge on any atom is -0.462 e. The predicted octanol–water partition coefficient (Wildman–Crippen LogP) is 18.3. The molecule has 3 N–H and O–H groups in total. The number of nitrogens with zero attached hydrogens (tertiary/aromatic N) is 7. The molecule has 5 aliphatic rings. The normalized spacial score (nSPS) is 18.6. The molecule has 0 amide bonds. The topological polar surface area (TPSA) is 458 Å². The van der Waals surface area contributed by atoms with Crippen molar-refractivity contribution in [3.05, 3.63) is 268 Å². The van der Waals surface area contributed by atoms with E-state index in [1.54, 1.807) is 149 Å². The van der Waals surface area contributed by atoms with Gasteiger partial charge in [-0.25, -0.2) is 0 Å². The standard InChI is InChI=1S/C25H27FN2O6.C24H31FN2O8.C19H17FN2O4.C18H23FN2O5.C13H18O5S.C2H6O.CH3.Pd/c1-24(2,23(29)32-14-16-8-6-5-7-9-16)22-11-17-10-21(28(30)31)19(26)12-20(17)27(22)13-18-15-33-25(3,4)34-18;1-22(2,21(28)31-11-16-13-33-24(5,6)35-16)20-8-14-7-19(27(29)30)17(25)9-18(14)26(20)10-15-12-32-23(3,4)34-15;1-19(2,18(23)26-11-12-6-4-3-5-7-12)17-9-13-8-16(22(24)25)14(20)10-15(13)21-17;1-17(2,10-22)16-6-11-5-15(21(23)24)13(19)7-14(11)20(16)8-12-9-25-18(3,4)26-12;1-10-4-6-12(7-5-10)19(14,15)17-9-11-8-16-13(2,3)18-11;1-2-3;;/h5-12,18H,13-15H2,1-4H3;7-9,15-16H,10-13H2,1-6H3;3-10,21H,11H2,1-2H3;5-7,12,22H,8-10H2,1-4H3;4-7,11H,8-9H2,1-3H3;3H,2H2,1H3;1H3;/q;;;;;;-1;/t18-;15-,16-;;12-;11-;;;/m00.01.../s1. The van der Waals surface area contributed by atoms with E-state index in [4.69, 9.17) is 70.9 Å². The second kappa shape index (κ2) is 47.1. The van der Waals surface area contributed by atoms with Crippen LogP contribution in [0.3, 0.4) is 0 Å². The number of fused-ring (bicyclic) bond motifs is 4. The molecule has 43 heteroatoms. The first kappa shape index (κ1) is 117. The van der Waals surface area contributed by atoms with Crippen LogP contribution in [0.5, 0.6) is 0 Å². The third-order valence-electron chi connectivity index (χ3n) is 24.0. The van der Waals surface area contributed by atoms with Crippen LogP contribution in [0.25, 0.3) is 43.6 Å². The second-order valence-corrected chi connectivity index (χ2v) is 41.0. The third-order valence-corrected chi connectivity index (χ3v) is 25.3. The predicted molar refractivity (Wildman–Crippen MR) is 521 cm³/mol. The van der Waals surface area contributed by atoms with Crippen LogP contribution >= 0.6 is 0 Å². The Bertz CT molecular complexity index is 6580. The summed E-state index contributed by atoms with van der Waals surface area (Å²) in [5.74, 6) is -8.82. The van der Waals surface area contributed by atoms with Crippen molar-refractivity contribution in [2.75, 3.05) is 59.5 Å². The molecule has 5 aliphatic heterocycles. The van der Waals surface area contributed by atoms with Crippen LogP contribution in [0, 0.1) is 78.1 Å². The van der Waals surface area contributed by atoms with Crippen LogP contribution in [-0.4, -0.2) is 194 Å². The van der Waals surface area contributed by atoms with E-state index < -0.39 is 150 Å².